The molecule has 6 heteroatoms. The molecule has 0 spiro atoms. The molecule has 0 bridgehead atoms. The van der Waals surface area contributed by atoms with Gasteiger partial charge in [0.25, 0.3) is 0 Å². The fraction of sp³-hybridized carbons (Fsp3) is 0.571. The zero-order valence-electron chi connectivity index (χ0n) is 12.3. The van der Waals surface area contributed by atoms with E-state index in [0.717, 1.165) is 11.3 Å². The Morgan fingerprint density at radius 1 is 1.20 bits per heavy atom. The van der Waals surface area contributed by atoms with E-state index in [1.165, 1.54) is 11.8 Å². The van der Waals surface area contributed by atoms with Crippen LogP contribution in [-0.2, 0) is 10.0 Å². The maximum atomic E-state index is 11.8. The maximum absolute atomic E-state index is 11.8. The lowest BCUT2D eigenvalue weighted by atomic mass is 9.93. The normalized spacial score (nSPS) is 12.6. The maximum Gasteiger partial charge on any atom is 0.212 e. The standard InChI is InChI=1S/C14H24N2O2S2/c1-14(2,3)8-9-16-20(17,18)11-10-19-13-6-4-12(15)5-7-13/h4-7,16H,8-11,15H2,1-3H3. The molecule has 0 aliphatic carbocycles. The van der Waals surface area contributed by atoms with E-state index < -0.39 is 10.0 Å². The van der Waals surface area contributed by atoms with Crippen molar-refractivity contribution in [2.24, 2.45) is 5.41 Å². The number of hydrogen-bond donors (Lipinski definition) is 2. The summed E-state index contributed by atoms with van der Waals surface area (Å²) < 4.78 is 26.3. The third-order valence-corrected chi connectivity index (χ3v) is 5.36. The van der Waals surface area contributed by atoms with Gasteiger partial charge in [0, 0.05) is 22.9 Å². The molecule has 114 valence electrons. The molecule has 0 saturated heterocycles. The summed E-state index contributed by atoms with van der Waals surface area (Å²) in [7, 11) is -3.18. The minimum absolute atomic E-state index is 0.131. The second-order valence-corrected chi connectivity index (χ2v) is 9.04. The van der Waals surface area contributed by atoms with Gasteiger partial charge in [-0.3, -0.25) is 0 Å². The lowest BCUT2D eigenvalue weighted by molar-refractivity contribution is 0.378. The van der Waals surface area contributed by atoms with Crippen molar-refractivity contribution in [3.8, 4) is 0 Å². The molecule has 3 N–H and O–H groups in total. The molecule has 0 unspecified atom stereocenters. The first-order chi connectivity index (χ1) is 9.18. The van der Waals surface area contributed by atoms with Gasteiger partial charge in [-0.25, -0.2) is 13.1 Å². The van der Waals surface area contributed by atoms with Crippen LogP contribution in [0.25, 0.3) is 0 Å². The summed E-state index contributed by atoms with van der Waals surface area (Å²) in [6.45, 7) is 6.78. The largest absolute Gasteiger partial charge is 0.399 e. The number of thioether (sulfide) groups is 1. The van der Waals surface area contributed by atoms with E-state index in [4.69, 9.17) is 5.73 Å². The SMILES string of the molecule is CC(C)(C)CCNS(=O)(=O)CCSc1ccc(N)cc1. The van der Waals surface area contributed by atoms with Crippen molar-refractivity contribution < 1.29 is 8.42 Å². The lowest BCUT2D eigenvalue weighted by Gasteiger charge is -2.18. The van der Waals surface area contributed by atoms with Crippen LogP contribution in [0.5, 0.6) is 0 Å². The van der Waals surface area contributed by atoms with Crippen LogP contribution in [0.2, 0.25) is 0 Å². The average Bonchev–Trinajstić information content (AvgIpc) is 2.29. The highest BCUT2D eigenvalue weighted by Crippen LogP contribution is 2.19. The predicted molar refractivity (Wildman–Crippen MR) is 87.4 cm³/mol. The van der Waals surface area contributed by atoms with Crippen molar-refractivity contribution in [1.82, 2.24) is 4.72 Å². The highest BCUT2D eigenvalue weighted by molar-refractivity contribution is 8.00. The molecule has 0 amide bonds. The number of nitrogens with one attached hydrogen (secondary N) is 1. The predicted octanol–water partition coefficient (Wildman–Crippen LogP) is 2.72. The number of nitrogen functional groups attached to an aromatic ring is 1. The van der Waals surface area contributed by atoms with Crippen LogP contribution in [0.15, 0.2) is 29.2 Å². The zero-order valence-corrected chi connectivity index (χ0v) is 14.0. The number of benzene rings is 1. The molecule has 0 aliphatic heterocycles. The second kappa shape index (κ2) is 7.33. The van der Waals surface area contributed by atoms with E-state index in [1.807, 2.05) is 24.3 Å². The number of rotatable bonds is 7. The summed E-state index contributed by atoms with van der Waals surface area (Å²) in [5, 5.41) is 0. The molecule has 0 aromatic heterocycles. The number of hydrogen-bond acceptors (Lipinski definition) is 4. The summed E-state index contributed by atoms with van der Waals surface area (Å²) >= 11 is 1.52. The van der Waals surface area contributed by atoms with Crippen molar-refractivity contribution in [3.05, 3.63) is 24.3 Å². The zero-order chi connectivity index (χ0) is 15.2. The molecular weight excluding hydrogens is 292 g/mol. The molecule has 0 atom stereocenters. The molecule has 0 heterocycles. The van der Waals surface area contributed by atoms with Crippen LogP contribution in [-0.4, -0.2) is 26.5 Å². The topological polar surface area (TPSA) is 72.2 Å². The minimum atomic E-state index is -3.18. The minimum Gasteiger partial charge on any atom is -0.399 e. The molecule has 4 nitrogen and oxygen atoms in total. The Morgan fingerprint density at radius 3 is 2.35 bits per heavy atom. The molecule has 0 radical (unpaired) electrons. The van der Waals surface area contributed by atoms with Crippen molar-refractivity contribution in [2.75, 3.05) is 23.8 Å². The van der Waals surface area contributed by atoms with E-state index in [9.17, 15) is 8.42 Å². The van der Waals surface area contributed by atoms with E-state index in [0.29, 0.717) is 18.0 Å². The van der Waals surface area contributed by atoms with Gasteiger partial charge in [0.1, 0.15) is 0 Å². The lowest BCUT2D eigenvalue weighted by Crippen LogP contribution is -2.30. The monoisotopic (exact) mass is 316 g/mol. The van der Waals surface area contributed by atoms with E-state index in [2.05, 4.69) is 25.5 Å². The molecule has 20 heavy (non-hydrogen) atoms. The van der Waals surface area contributed by atoms with Crippen LogP contribution in [0, 0.1) is 5.41 Å². The van der Waals surface area contributed by atoms with Crippen molar-refractivity contribution >= 4 is 27.5 Å². The van der Waals surface area contributed by atoms with Crippen LogP contribution < -0.4 is 10.5 Å². The highest BCUT2D eigenvalue weighted by atomic mass is 32.2. The molecule has 0 fully saturated rings. The number of sulfonamides is 1. The molecule has 0 saturated carbocycles. The van der Waals surface area contributed by atoms with Gasteiger partial charge >= 0.3 is 0 Å². The fourth-order valence-corrected chi connectivity index (χ4v) is 3.82. The first-order valence-electron chi connectivity index (χ1n) is 6.64. The van der Waals surface area contributed by atoms with E-state index >= 15 is 0 Å². The van der Waals surface area contributed by atoms with Crippen LogP contribution in [0.3, 0.4) is 0 Å². The smallest absolute Gasteiger partial charge is 0.212 e. The molecule has 1 aromatic carbocycles. The molecule has 1 aromatic rings. The molecule has 0 aliphatic rings. The van der Waals surface area contributed by atoms with Crippen LogP contribution in [0.1, 0.15) is 27.2 Å². The summed E-state index contributed by atoms with van der Waals surface area (Å²) in [5.41, 5.74) is 6.45. The average molecular weight is 316 g/mol. The van der Waals surface area contributed by atoms with Gasteiger partial charge in [-0.2, -0.15) is 0 Å². The van der Waals surface area contributed by atoms with E-state index in [1.54, 1.807) is 0 Å². The summed E-state index contributed by atoms with van der Waals surface area (Å²) in [6, 6.07) is 7.44. The number of anilines is 1. The van der Waals surface area contributed by atoms with Gasteiger partial charge in [0.2, 0.25) is 10.0 Å². The Kier molecular flexibility index (Phi) is 6.36. The van der Waals surface area contributed by atoms with Crippen molar-refractivity contribution in [2.45, 2.75) is 32.1 Å². The van der Waals surface area contributed by atoms with Gasteiger partial charge < -0.3 is 5.73 Å². The molecular formula is C14H24N2O2S2. The van der Waals surface area contributed by atoms with Gasteiger partial charge in [-0.15, -0.1) is 11.8 Å². The van der Waals surface area contributed by atoms with Gasteiger partial charge in [0.05, 0.1) is 5.75 Å². The van der Waals surface area contributed by atoms with Gasteiger partial charge in [-0.05, 0) is 36.1 Å². The summed E-state index contributed by atoms with van der Waals surface area (Å²) in [6.07, 6.45) is 0.831. The fourth-order valence-electron chi connectivity index (χ4n) is 1.49. The molecule has 1 rings (SSSR count). The first kappa shape index (κ1) is 17.3. The van der Waals surface area contributed by atoms with E-state index in [-0.39, 0.29) is 11.2 Å². The summed E-state index contributed by atoms with van der Waals surface area (Å²) in [4.78, 5) is 1.03. The second-order valence-electron chi connectivity index (χ2n) is 5.94. The Bertz CT molecular complexity index is 505. The van der Waals surface area contributed by atoms with Crippen LogP contribution >= 0.6 is 11.8 Å². The van der Waals surface area contributed by atoms with Crippen molar-refractivity contribution in [3.63, 3.8) is 0 Å². The Balaban J connectivity index is 2.31. The Morgan fingerprint density at radius 2 is 1.80 bits per heavy atom. The van der Waals surface area contributed by atoms with Gasteiger partial charge in [0.15, 0.2) is 0 Å². The van der Waals surface area contributed by atoms with Crippen LogP contribution in [0.4, 0.5) is 5.69 Å². The quantitative estimate of drug-likeness (QED) is 0.599. The first-order valence-corrected chi connectivity index (χ1v) is 9.27. The van der Waals surface area contributed by atoms with Gasteiger partial charge in [-0.1, -0.05) is 20.8 Å². The Labute approximate surface area is 126 Å². The summed E-state index contributed by atoms with van der Waals surface area (Å²) in [5.74, 6) is 0.668. The third-order valence-electron chi connectivity index (χ3n) is 2.70. The Hall–Kier alpha value is -0.720. The highest BCUT2D eigenvalue weighted by Gasteiger charge is 2.14. The van der Waals surface area contributed by atoms with Crippen molar-refractivity contribution in [1.29, 1.82) is 0 Å². The third kappa shape index (κ3) is 7.77. The number of nitrogens with two attached hydrogens (primary N) is 1.